The van der Waals surface area contributed by atoms with Crippen molar-refractivity contribution in [1.29, 1.82) is 0 Å². The Morgan fingerprint density at radius 3 is 2.62 bits per heavy atom. The van der Waals surface area contributed by atoms with E-state index in [1.165, 1.54) is 32.0 Å². The molecule has 0 radical (unpaired) electrons. The molecule has 7 heteroatoms. The van der Waals surface area contributed by atoms with Crippen LogP contribution in [0.15, 0.2) is 23.1 Å². The standard InChI is InChI=1S/C22H37N3O3S/c1-17-9-8-14-25(16-17)13-7-6-12-23-21(26)20-15-19(11-10-18(20)2)29(27,28)24-22(3,4)5/h10-11,15,17,24H,6-9,12-14,16H2,1-5H3,(H,23,26). The van der Waals surface area contributed by atoms with Crippen LogP contribution in [-0.4, -0.2) is 50.9 Å². The molecule has 1 atom stereocenters. The van der Waals surface area contributed by atoms with Crippen molar-refractivity contribution < 1.29 is 13.2 Å². The lowest BCUT2D eigenvalue weighted by molar-refractivity contribution is 0.0951. The maximum atomic E-state index is 12.6. The number of amides is 1. The number of likely N-dealkylation sites (tertiary alicyclic amines) is 1. The van der Waals surface area contributed by atoms with E-state index in [1.54, 1.807) is 32.9 Å². The molecule has 0 saturated carbocycles. The predicted molar refractivity (Wildman–Crippen MR) is 118 cm³/mol. The molecule has 1 aliphatic heterocycles. The Labute approximate surface area is 176 Å². The monoisotopic (exact) mass is 423 g/mol. The van der Waals surface area contributed by atoms with E-state index in [0.29, 0.717) is 12.1 Å². The summed E-state index contributed by atoms with van der Waals surface area (Å²) in [6.45, 7) is 13.5. The fourth-order valence-electron chi connectivity index (χ4n) is 3.72. The first-order valence-electron chi connectivity index (χ1n) is 10.6. The van der Waals surface area contributed by atoms with E-state index in [9.17, 15) is 13.2 Å². The van der Waals surface area contributed by atoms with Crippen molar-refractivity contribution in [1.82, 2.24) is 14.9 Å². The molecule has 0 aliphatic carbocycles. The lowest BCUT2D eigenvalue weighted by Gasteiger charge is -2.30. The molecule has 29 heavy (non-hydrogen) atoms. The maximum absolute atomic E-state index is 12.6. The van der Waals surface area contributed by atoms with Gasteiger partial charge in [0.1, 0.15) is 0 Å². The number of benzene rings is 1. The zero-order valence-electron chi connectivity index (χ0n) is 18.5. The summed E-state index contributed by atoms with van der Waals surface area (Å²) in [6.07, 6.45) is 4.57. The van der Waals surface area contributed by atoms with Gasteiger partial charge in [-0.15, -0.1) is 0 Å². The number of hydrogen-bond donors (Lipinski definition) is 2. The predicted octanol–water partition coefficient (Wildman–Crippen LogP) is 3.31. The summed E-state index contributed by atoms with van der Waals surface area (Å²) in [6, 6.07) is 4.69. The summed E-state index contributed by atoms with van der Waals surface area (Å²) in [4.78, 5) is 15.2. The first-order chi connectivity index (χ1) is 13.5. The van der Waals surface area contributed by atoms with E-state index in [-0.39, 0.29) is 10.8 Å². The highest BCUT2D eigenvalue weighted by Crippen LogP contribution is 2.18. The third-order valence-electron chi connectivity index (χ3n) is 5.13. The Hall–Kier alpha value is -1.44. The third-order valence-corrected chi connectivity index (χ3v) is 6.89. The largest absolute Gasteiger partial charge is 0.352 e. The van der Waals surface area contributed by atoms with Crippen molar-refractivity contribution in [3.05, 3.63) is 29.3 Å². The second kappa shape index (κ2) is 10.0. The summed E-state index contributed by atoms with van der Waals surface area (Å²) >= 11 is 0. The average molecular weight is 424 g/mol. The molecule has 1 amide bonds. The Morgan fingerprint density at radius 1 is 1.24 bits per heavy atom. The van der Waals surface area contributed by atoms with Crippen molar-refractivity contribution in [2.75, 3.05) is 26.2 Å². The minimum atomic E-state index is -3.67. The van der Waals surface area contributed by atoms with Gasteiger partial charge in [-0.3, -0.25) is 4.79 Å². The fourth-order valence-corrected chi connectivity index (χ4v) is 5.17. The molecule has 1 saturated heterocycles. The first-order valence-corrected chi connectivity index (χ1v) is 12.1. The molecule has 164 valence electrons. The van der Waals surface area contributed by atoms with E-state index in [1.807, 2.05) is 6.92 Å². The zero-order valence-corrected chi connectivity index (χ0v) is 19.4. The van der Waals surface area contributed by atoms with Crippen LogP contribution in [0.2, 0.25) is 0 Å². The molecule has 0 spiro atoms. The molecule has 1 aliphatic rings. The van der Waals surface area contributed by atoms with Gasteiger partial charge < -0.3 is 10.2 Å². The van der Waals surface area contributed by atoms with Crippen LogP contribution in [0.3, 0.4) is 0 Å². The quantitative estimate of drug-likeness (QED) is 0.629. The van der Waals surface area contributed by atoms with E-state index in [4.69, 9.17) is 0 Å². The molecular formula is C22H37N3O3S. The van der Waals surface area contributed by atoms with Crippen molar-refractivity contribution >= 4 is 15.9 Å². The van der Waals surface area contributed by atoms with E-state index in [2.05, 4.69) is 21.9 Å². The number of hydrogen-bond acceptors (Lipinski definition) is 4. The van der Waals surface area contributed by atoms with Gasteiger partial charge in [-0.2, -0.15) is 0 Å². The third kappa shape index (κ3) is 7.72. The van der Waals surface area contributed by atoms with Gasteiger partial charge in [0.25, 0.3) is 5.91 Å². The molecule has 1 fully saturated rings. The Kier molecular flexibility index (Phi) is 8.26. The number of carbonyl (C=O) groups excluding carboxylic acids is 1. The fraction of sp³-hybridized carbons (Fsp3) is 0.682. The summed E-state index contributed by atoms with van der Waals surface area (Å²) in [5, 5.41) is 2.94. The van der Waals surface area contributed by atoms with Crippen LogP contribution in [0, 0.1) is 12.8 Å². The molecule has 1 aromatic carbocycles. The van der Waals surface area contributed by atoms with Crippen LogP contribution in [0.25, 0.3) is 0 Å². The number of aryl methyl sites for hydroxylation is 1. The Bertz CT molecular complexity index is 800. The van der Waals surface area contributed by atoms with Gasteiger partial charge in [0.05, 0.1) is 4.90 Å². The number of carbonyl (C=O) groups is 1. The Balaban J connectivity index is 1.88. The minimum absolute atomic E-state index is 0.113. The number of piperidine rings is 1. The molecular weight excluding hydrogens is 386 g/mol. The minimum Gasteiger partial charge on any atom is -0.352 e. The molecule has 6 nitrogen and oxygen atoms in total. The van der Waals surface area contributed by atoms with Crippen LogP contribution in [-0.2, 0) is 10.0 Å². The molecule has 2 rings (SSSR count). The number of sulfonamides is 1. The van der Waals surface area contributed by atoms with Crippen LogP contribution in [0.5, 0.6) is 0 Å². The van der Waals surface area contributed by atoms with Crippen LogP contribution < -0.4 is 10.0 Å². The van der Waals surface area contributed by atoms with Gasteiger partial charge >= 0.3 is 0 Å². The SMILES string of the molecule is Cc1ccc(S(=O)(=O)NC(C)(C)C)cc1C(=O)NCCCCN1CCCC(C)C1. The smallest absolute Gasteiger partial charge is 0.251 e. The van der Waals surface area contributed by atoms with Gasteiger partial charge in [0.15, 0.2) is 0 Å². The molecule has 1 aromatic rings. The number of rotatable bonds is 8. The van der Waals surface area contributed by atoms with Gasteiger partial charge in [-0.05, 0) is 90.1 Å². The summed E-state index contributed by atoms with van der Waals surface area (Å²) in [5.74, 6) is 0.560. The van der Waals surface area contributed by atoms with Gasteiger partial charge in [-0.1, -0.05) is 13.0 Å². The lowest BCUT2D eigenvalue weighted by Crippen LogP contribution is -2.40. The van der Waals surface area contributed by atoms with E-state index >= 15 is 0 Å². The van der Waals surface area contributed by atoms with Crippen molar-refractivity contribution in [3.8, 4) is 0 Å². The van der Waals surface area contributed by atoms with Crippen molar-refractivity contribution in [2.45, 2.75) is 70.7 Å². The second-order valence-electron chi connectivity index (χ2n) is 9.34. The molecule has 1 unspecified atom stereocenters. The normalized spacial score (nSPS) is 18.6. The average Bonchev–Trinajstić information content (AvgIpc) is 2.59. The molecule has 0 aromatic heterocycles. The highest BCUT2D eigenvalue weighted by atomic mass is 32.2. The van der Waals surface area contributed by atoms with E-state index < -0.39 is 15.6 Å². The van der Waals surface area contributed by atoms with Gasteiger partial charge in [-0.25, -0.2) is 13.1 Å². The summed E-state index contributed by atoms with van der Waals surface area (Å²) < 4.78 is 27.7. The number of unbranched alkanes of at least 4 members (excludes halogenated alkanes) is 1. The van der Waals surface area contributed by atoms with Crippen molar-refractivity contribution in [2.24, 2.45) is 5.92 Å². The van der Waals surface area contributed by atoms with Crippen LogP contribution in [0.1, 0.15) is 69.3 Å². The maximum Gasteiger partial charge on any atom is 0.251 e. The van der Waals surface area contributed by atoms with Gasteiger partial charge in [0, 0.05) is 24.2 Å². The van der Waals surface area contributed by atoms with Crippen LogP contribution >= 0.6 is 0 Å². The molecule has 0 bridgehead atoms. The summed E-state index contributed by atoms with van der Waals surface area (Å²) in [7, 11) is -3.67. The number of nitrogens with zero attached hydrogens (tertiary/aromatic N) is 1. The topological polar surface area (TPSA) is 78.5 Å². The van der Waals surface area contributed by atoms with E-state index in [0.717, 1.165) is 30.9 Å². The Morgan fingerprint density at radius 2 is 1.97 bits per heavy atom. The highest BCUT2D eigenvalue weighted by Gasteiger charge is 2.23. The lowest BCUT2D eigenvalue weighted by atomic mass is 10.0. The van der Waals surface area contributed by atoms with Crippen LogP contribution in [0.4, 0.5) is 0 Å². The molecule has 2 N–H and O–H groups in total. The number of nitrogens with one attached hydrogen (secondary N) is 2. The van der Waals surface area contributed by atoms with Gasteiger partial charge in [0.2, 0.25) is 10.0 Å². The van der Waals surface area contributed by atoms with Crippen molar-refractivity contribution in [3.63, 3.8) is 0 Å². The summed E-state index contributed by atoms with van der Waals surface area (Å²) in [5.41, 5.74) is 0.587. The first kappa shape index (κ1) is 23.8. The zero-order chi connectivity index (χ0) is 21.7. The highest BCUT2D eigenvalue weighted by molar-refractivity contribution is 7.89. The molecule has 1 heterocycles. The second-order valence-corrected chi connectivity index (χ2v) is 11.0.